The zero-order chi connectivity index (χ0) is 22.8. The number of carbonyl (C=O) groups is 3. The van der Waals surface area contributed by atoms with E-state index in [4.69, 9.17) is 4.84 Å². The van der Waals surface area contributed by atoms with E-state index in [1.165, 1.54) is 5.17 Å². The van der Waals surface area contributed by atoms with Gasteiger partial charge in [0.1, 0.15) is 11.8 Å². The first-order chi connectivity index (χ1) is 16.1. The van der Waals surface area contributed by atoms with Gasteiger partial charge in [0.05, 0.1) is 6.54 Å². The Morgan fingerprint density at radius 3 is 2.55 bits per heavy atom. The molecule has 2 aliphatic heterocycles. The maximum Gasteiger partial charge on any atom is 0.268 e. The number of ketones is 1. The highest BCUT2D eigenvalue weighted by atomic mass is 16.7. The fourth-order valence-electron chi connectivity index (χ4n) is 4.94. The molecule has 1 atom stereocenters. The number of amides is 2. The molecular weight excluding hydrogens is 420 g/mol. The van der Waals surface area contributed by atoms with E-state index in [1.54, 1.807) is 35.2 Å². The Morgan fingerprint density at radius 2 is 1.76 bits per heavy atom. The molecule has 172 valence electrons. The molecule has 8 heteroatoms. The number of hydrogen-bond acceptors (Lipinski definition) is 6. The molecule has 33 heavy (non-hydrogen) atoms. The van der Waals surface area contributed by atoms with Crippen molar-refractivity contribution >= 4 is 17.6 Å². The third-order valence-electron chi connectivity index (χ3n) is 6.71. The molecule has 1 saturated carbocycles. The second-order valence-corrected chi connectivity index (χ2v) is 8.85. The fraction of sp³-hybridized carbons (Fsp3) is 0.400. The Labute approximate surface area is 192 Å². The van der Waals surface area contributed by atoms with E-state index in [2.05, 4.69) is 10.7 Å². The maximum absolute atomic E-state index is 13.2. The molecule has 0 radical (unpaired) electrons. The first-order valence-corrected chi connectivity index (χ1v) is 11.6. The van der Waals surface area contributed by atoms with Gasteiger partial charge in [-0.25, -0.2) is 0 Å². The lowest BCUT2D eigenvalue weighted by atomic mass is 9.94. The molecule has 8 nitrogen and oxygen atoms in total. The van der Waals surface area contributed by atoms with Crippen molar-refractivity contribution in [2.75, 3.05) is 19.6 Å². The summed E-state index contributed by atoms with van der Waals surface area (Å²) in [4.78, 5) is 46.1. The first-order valence-electron chi connectivity index (χ1n) is 11.6. The summed E-state index contributed by atoms with van der Waals surface area (Å²) in [6.45, 7) is 2.11. The van der Waals surface area contributed by atoms with Crippen LogP contribution in [0.5, 0.6) is 5.75 Å². The van der Waals surface area contributed by atoms with Crippen LogP contribution in [0.3, 0.4) is 0 Å². The number of fused-ring (bicyclic) bond motifs is 1. The standard InChI is InChI=1S/C25H28N4O4/c30-23(17-5-1-2-6-17)22-15-26-13-14-28(22)25(32)18-9-11-20(12-10-18)33-29-16-19-7-3-4-8-21(19)24(31)27-29/h3-4,7-12,17,22,26H,1-2,5-6,13-16H2,(H,27,31). The molecule has 2 aromatic rings. The first kappa shape index (κ1) is 21.6. The van der Waals surface area contributed by atoms with Crippen LogP contribution in [0.15, 0.2) is 48.5 Å². The van der Waals surface area contributed by atoms with Crippen LogP contribution in [-0.2, 0) is 11.3 Å². The number of nitrogens with zero attached hydrogens (tertiary/aromatic N) is 2. The number of carbonyl (C=O) groups excluding carboxylic acids is 3. The monoisotopic (exact) mass is 448 g/mol. The van der Waals surface area contributed by atoms with Crippen LogP contribution in [-0.4, -0.2) is 53.3 Å². The minimum Gasteiger partial charge on any atom is -0.386 e. The van der Waals surface area contributed by atoms with Crippen LogP contribution in [0.1, 0.15) is 52.0 Å². The van der Waals surface area contributed by atoms with Gasteiger partial charge >= 0.3 is 0 Å². The van der Waals surface area contributed by atoms with E-state index >= 15 is 0 Å². The molecule has 5 rings (SSSR count). The Balaban J connectivity index is 1.25. The zero-order valence-corrected chi connectivity index (χ0v) is 18.5. The summed E-state index contributed by atoms with van der Waals surface area (Å²) in [5.74, 6) is 0.407. The van der Waals surface area contributed by atoms with Crippen molar-refractivity contribution in [1.82, 2.24) is 20.8 Å². The van der Waals surface area contributed by atoms with Gasteiger partial charge in [-0.05, 0) is 53.9 Å². The van der Waals surface area contributed by atoms with Crippen molar-refractivity contribution in [3.05, 3.63) is 65.2 Å². The molecule has 0 aromatic heterocycles. The molecule has 2 amide bonds. The summed E-state index contributed by atoms with van der Waals surface area (Å²) in [6, 6.07) is 13.8. The second-order valence-electron chi connectivity index (χ2n) is 8.85. The summed E-state index contributed by atoms with van der Waals surface area (Å²) < 4.78 is 0. The molecule has 1 saturated heterocycles. The highest BCUT2D eigenvalue weighted by Crippen LogP contribution is 2.28. The average Bonchev–Trinajstić information content (AvgIpc) is 3.39. The maximum atomic E-state index is 13.2. The van der Waals surface area contributed by atoms with Crippen molar-refractivity contribution in [1.29, 1.82) is 0 Å². The van der Waals surface area contributed by atoms with Crippen LogP contribution in [0.25, 0.3) is 0 Å². The van der Waals surface area contributed by atoms with Gasteiger partial charge in [0, 0.05) is 36.7 Å². The minimum atomic E-state index is -0.408. The largest absolute Gasteiger partial charge is 0.386 e. The van der Waals surface area contributed by atoms with Gasteiger partial charge in [0.25, 0.3) is 11.8 Å². The van der Waals surface area contributed by atoms with E-state index < -0.39 is 6.04 Å². The summed E-state index contributed by atoms with van der Waals surface area (Å²) >= 11 is 0. The third kappa shape index (κ3) is 4.49. The molecule has 1 aliphatic carbocycles. The van der Waals surface area contributed by atoms with E-state index in [9.17, 15) is 14.4 Å². The molecule has 1 unspecified atom stereocenters. The van der Waals surface area contributed by atoms with Crippen LogP contribution < -0.4 is 15.6 Å². The van der Waals surface area contributed by atoms with Gasteiger partial charge in [-0.15, -0.1) is 0 Å². The van der Waals surface area contributed by atoms with Crippen molar-refractivity contribution in [2.45, 2.75) is 38.3 Å². The van der Waals surface area contributed by atoms with Crippen LogP contribution in [0, 0.1) is 5.92 Å². The Kier molecular flexibility index (Phi) is 6.11. The molecule has 3 aliphatic rings. The second kappa shape index (κ2) is 9.33. The van der Waals surface area contributed by atoms with E-state index in [1.807, 2.05) is 18.2 Å². The fourth-order valence-corrected chi connectivity index (χ4v) is 4.94. The van der Waals surface area contributed by atoms with Crippen LogP contribution in [0.2, 0.25) is 0 Å². The molecule has 0 spiro atoms. The number of rotatable bonds is 5. The number of nitrogens with one attached hydrogen (secondary N) is 2. The normalized spacial score (nSPS) is 21.4. The highest BCUT2D eigenvalue weighted by Gasteiger charge is 2.37. The van der Waals surface area contributed by atoms with Crippen molar-refractivity contribution < 1.29 is 19.2 Å². The molecular formula is C25H28N4O4. The van der Waals surface area contributed by atoms with Gasteiger partial charge in [-0.3, -0.25) is 19.8 Å². The van der Waals surface area contributed by atoms with Gasteiger partial charge in [0.2, 0.25) is 0 Å². The average molecular weight is 449 g/mol. The topological polar surface area (TPSA) is 91.0 Å². The minimum absolute atomic E-state index is 0.0749. The SMILES string of the molecule is O=C1NN(Oc2ccc(C(=O)N3CCNCC3C(=O)C3CCCC3)cc2)Cc2ccccc21. The number of hydrogen-bond donors (Lipinski definition) is 2. The quantitative estimate of drug-likeness (QED) is 0.730. The summed E-state index contributed by atoms with van der Waals surface area (Å²) in [5.41, 5.74) is 4.74. The van der Waals surface area contributed by atoms with Crippen LogP contribution >= 0.6 is 0 Å². The number of Topliss-reactive ketones (excluding diaryl/α,β-unsaturated/α-hetero) is 1. The van der Waals surface area contributed by atoms with Gasteiger partial charge in [-0.2, -0.15) is 0 Å². The lowest BCUT2D eigenvalue weighted by molar-refractivity contribution is -0.127. The summed E-state index contributed by atoms with van der Waals surface area (Å²) in [7, 11) is 0. The van der Waals surface area contributed by atoms with Gasteiger partial charge in [0.15, 0.2) is 5.78 Å². The lowest BCUT2D eigenvalue weighted by Gasteiger charge is -2.36. The van der Waals surface area contributed by atoms with E-state index in [0.717, 1.165) is 31.2 Å². The van der Waals surface area contributed by atoms with E-state index in [-0.39, 0.29) is 23.5 Å². The number of hydrazine groups is 1. The predicted molar refractivity (Wildman–Crippen MR) is 121 cm³/mol. The number of hydroxylamine groups is 1. The number of piperazine rings is 1. The van der Waals surface area contributed by atoms with Crippen molar-refractivity contribution in [3.63, 3.8) is 0 Å². The van der Waals surface area contributed by atoms with Crippen LogP contribution in [0.4, 0.5) is 0 Å². The van der Waals surface area contributed by atoms with E-state index in [0.29, 0.717) is 43.1 Å². The third-order valence-corrected chi connectivity index (χ3v) is 6.71. The molecule has 2 fully saturated rings. The van der Waals surface area contributed by atoms with Gasteiger partial charge in [-0.1, -0.05) is 31.0 Å². The Hall–Kier alpha value is -3.23. The lowest BCUT2D eigenvalue weighted by Crippen LogP contribution is -2.58. The Bertz CT molecular complexity index is 1050. The van der Waals surface area contributed by atoms with Gasteiger partial charge < -0.3 is 15.1 Å². The highest BCUT2D eigenvalue weighted by molar-refractivity contribution is 5.99. The predicted octanol–water partition coefficient (Wildman–Crippen LogP) is 2.31. The smallest absolute Gasteiger partial charge is 0.268 e. The van der Waals surface area contributed by atoms with Crippen molar-refractivity contribution in [3.8, 4) is 5.75 Å². The molecule has 0 bridgehead atoms. The molecule has 2 N–H and O–H groups in total. The zero-order valence-electron chi connectivity index (χ0n) is 18.5. The Morgan fingerprint density at radius 1 is 1.00 bits per heavy atom. The molecule has 2 aromatic carbocycles. The summed E-state index contributed by atoms with van der Waals surface area (Å²) in [5, 5.41) is 4.65. The molecule has 2 heterocycles. The number of benzene rings is 2. The van der Waals surface area contributed by atoms with Crippen molar-refractivity contribution in [2.24, 2.45) is 5.92 Å². The summed E-state index contributed by atoms with van der Waals surface area (Å²) in [6.07, 6.45) is 4.05.